The van der Waals surface area contributed by atoms with Gasteiger partial charge < -0.3 is 108 Å². The molecule has 0 bridgehead atoms. The number of rotatable bonds is 50. The van der Waals surface area contributed by atoms with Crippen LogP contribution < -0.4 is 45.1 Å². The number of amides is 7. The number of benzene rings is 3. The zero-order chi connectivity index (χ0) is 84.1. The van der Waals surface area contributed by atoms with Crippen molar-refractivity contribution in [3.63, 3.8) is 0 Å². The lowest BCUT2D eigenvalue weighted by atomic mass is 10.0. The molecule has 1 aromatic heterocycles. The van der Waals surface area contributed by atoms with Crippen LogP contribution in [-0.2, 0) is 81.4 Å². The highest BCUT2D eigenvalue weighted by Crippen LogP contribution is 2.43. The Labute approximate surface area is 688 Å². The molecule has 9 rings (SSSR count). The first-order valence-electron chi connectivity index (χ1n) is 39.9. The van der Waals surface area contributed by atoms with Gasteiger partial charge in [0, 0.05) is 80.4 Å². The summed E-state index contributed by atoms with van der Waals surface area (Å²) in [6.07, 6.45) is 6.23. The van der Waals surface area contributed by atoms with Crippen molar-refractivity contribution in [2.75, 3.05) is 150 Å². The second-order valence-electron chi connectivity index (χ2n) is 28.7. The molecule has 4 aliphatic rings. The second-order valence-corrected chi connectivity index (χ2v) is 28.7. The number of nitrogens with zero attached hydrogens (tertiary/aromatic N) is 5. The highest BCUT2D eigenvalue weighted by molar-refractivity contribution is 6.07. The minimum Gasteiger partial charge on any atom is -0.494 e. The van der Waals surface area contributed by atoms with Crippen molar-refractivity contribution < 1.29 is 110 Å². The van der Waals surface area contributed by atoms with Gasteiger partial charge in [0.25, 0.3) is 11.8 Å². The summed E-state index contributed by atoms with van der Waals surface area (Å²) in [4.78, 5) is 103. The predicted molar refractivity (Wildman–Crippen MR) is 437 cm³/mol. The average molecular weight is 1640 g/mol. The molecule has 0 saturated carbocycles. The Morgan fingerprint density at radius 3 is 1.67 bits per heavy atom. The lowest BCUT2D eigenvalue weighted by molar-refractivity contribution is -0.132. The highest BCUT2D eigenvalue weighted by atomic mass is 16.6. The molecule has 7 amide bonds. The summed E-state index contributed by atoms with van der Waals surface area (Å²) < 4.78 is 75.3. The molecule has 640 valence electrons. The molecule has 0 aliphatic carbocycles. The fraction of sp³-hybridized carbons (Fsp3) is 0.488. The smallest absolute Gasteiger partial charge is 0.416 e. The molecular weight excluding hydrogens is 1530 g/mol. The van der Waals surface area contributed by atoms with Gasteiger partial charge in [-0.2, -0.15) is 0 Å². The van der Waals surface area contributed by atoms with E-state index in [1.165, 1.54) is 48.8 Å². The number of carbonyl (C=O) groups excluding carboxylic acids is 7. The monoisotopic (exact) mass is 1640 g/mol. The van der Waals surface area contributed by atoms with Gasteiger partial charge in [0.15, 0.2) is 41.0 Å². The number of methoxy groups -OCH3 is 2. The highest BCUT2D eigenvalue weighted by Gasteiger charge is 2.45. The van der Waals surface area contributed by atoms with E-state index < -0.39 is 54.1 Å². The van der Waals surface area contributed by atoms with Crippen LogP contribution in [0.2, 0.25) is 0 Å². The van der Waals surface area contributed by atoms with Crippen LogP contribution in [0.5, 0.6) is 34.8 Å². The van der Waals surface area contributed by atoms with E-state index in [-0.39, 0.29) is 111 Å². The maximum atomic E-state index is 14.3. The SMILES string of the molecule is COc1cc2c(cc1OCCCCCOc1cc3c(cc1OC)C(=O)N1C=C(C)CC1C(O)N3C(=O)OCc1ccc(NC(=O)C(C)NC(=O)C(NC(=O)CCOCCOCCOCCOCCOCCOCCOCCOCCNC(=O)CCn3c(O)cc(Cc4ccccccccc4)c3O)C(C)C)cc1)N=CC1CC(C)=CN1C2=O. The van der Waals surface area contributed by atoms with Gasteiger partial charge in [-0.25, -0.2) is 9.69 Å². The van der Waals surface area contributed by atoms with Gasteiger partial charge in [-0.15, -0.1) is 0 Å². The third kappa shape index (κ3) is 28.0. The minimum atomic E-state index is -1.53. The molecule has 5 unspecified atom stereocenters. The van der Waals surface area contributed by atoms with E-state index in [0.29, 0.717) is 171 Å². The van der Waals surface area contributed by atoms with Crippen LogP contribution in [0.25, 0.3) is 0 Å². The van der Waals surface area contributed by atoms with E-state index >= 15 is 0 Å². The van der Waals surface area contributed by atoms with Crippen molar-refractivity contribution in [3.8, 4) is 34.8 Å². The number of aliphatic imine (C=N–C) groups is 1. The van der Waals surface area contributed by atoms with E-state index in [2.05, 4.69) is 26.3 Å². The van der Waals surface area contributed by atoms with Gasteiger partial charge >= 0.3 is 6.09 Å². The van der Waals surface area contributed by atoms with Gasteiger partial charge in [0.1, 0.15) is 18.7 Å². The number of fused-ring (bicyclic) bond motifs is 4. The number of hydrogen-bond donors (Lipinski definition) is 7. The number of anilines is 2. The summed E-state index contributed by atoms with van der Waals surface area (Å²) in [5.74, 6) is -1.49. The fourth-order valence-electron chi connectivity index (χ4n) is 13.1. The standard InChI is InChI=1S/C86H113N9O23/c1-58(2)79(91-77(97)25-30-108-32-34-110-36-38-112-40-42-114-44-45-115-43-41-113-39-37-111-35-33-109-31-26-87-76(96)24-27-92-78(98)49-64(82(92)101)48-62-18-14-11-9-8-10-12-15-19-62)81(100)89-61(5)80(99)90-65-22-20-63(21-23-65)57-118-86(105)95-70-53-75(73(107-7)51-68(70)84(103)94-56-60(4)47-71(94)85(95)104)117-29-17-13-16-28-116-74-52-69-67(50-72(74)106-6)83(102)93-55-59(3)46-66(93)54-88-69/h8-12,14-15,18-23,49-56,58,61,66,71,79,85,98,101,104H,13,16-17,24-48,57H2,1-7H3,(H,87,96)(H,89,100)(H,90,99)(H,91,97). The second kappa shape index (κ2) is 48.3. The third-order valence-corrected chi connectivity index (χ3v) is 19.4. The summed E-state index contributed by atoms with van der Waals surface area (Å²) in [6.45, 7) is 15.0. The number of carbonyl (C=O) groups is 7. The van der Waals surface area contributed by atoms with Crippen LogP contribution in [0.15, 0.2) is 138 Å². The van der Waals surface area contributed by atoms with Gasteiger partial charge in [0.05, 0.1) is 168 Å². The van der Waals surface area contributed by atoms with Gasteiger partial charge in [-0.05, 0) is 94.2 Å². The van der Waals surface area contributed by atoms with Crippen molar-refractivity contribution in [2.24, 2.45) is 10.9 Å². The first-order valence-corrected chi connectivity index (χ1v) is 39.9. The Kier molecular flexibility index (Phi) is 37.3. The molecule has 4 aromatic carbocycles. The number of hydrogen-bond acceptors (Lipinski definition) is 24. The van der Waals surface area contributed by atoms with E-state index in [4.69, 9.17) is 61.6 Å². The van der Waals surface area contributed by atoms with Crippen LogP contribution in [-0.4, -0.2) is 248 Å². The Morgan fingerprint density at radius 2 is 1.08 bits per heavy atom. The van der Waals surface area contributed by atoms with E-state index in [1.807, 2.05) is 74.6 Å². The van der Waals surface area contributed by atoms with Crippen LogP contribution >= 0.6 is 0 Å². The minimum absolute atomic E-state index is 0.0159. The fourth-order valence-corrected chi connectivity index (χ4v) is 13.1. The quantitative estimate of drug-likeness (QED) is 0.0178. The predicted octanol–water partition coefficient (Wildman–Crippen LogP) is 9.00. The van der Waals surface area contributed by atoms with E-state index in [0.717, 1.165) is 28.0 Å². The number of unbranched alkanes of at least 4 members (excludes halogenated alkanes) is 2. The normalized spacial score (nSPS) is 15.8. The molecule has 0 radical (unpaired) electrons. The molecule has 0 fully saturated rings. The van der Waals surface area contributed by atoms with Crippen molar-refractivity contribution in [1.29, 1.82) is 0 Å². The first kappa shape index (κ1) is 91.2. The van der Waals surface area contributed by atoms with Gasteiger partial charge in [0.2, 0.25) is 23.6 Å². The molecule has 4 aliphatic heterocycles. The number of aromatic nitrogens is 1. The zero-order valence-corrected chi connectivity index (χ0v) is 68.3. The molecule has 5 aromatic rings. The zero-order valence-electron chi connectivity index (χ0n) is 68.3. The molecular formula is C86H113N9O23. The van der Waals surface area contributed by atoms with Crippen molar-refractivity contribution >= 4 is 64.8 Å². The molecule has 32 heteroatoms. The van der Waals surface area contributed by atoms with Crippen LogP contribution in [0, 0.1) is 5.92 Å². The van der Waals surface area contributed by atoms with E-state index in [9.17, 15) is 48.9 Å². The number of ether oxygens (including phenoxy) is 13. The summed E-state index contributed by atoms with van der Waals surface area (Å²) in [7, 11) is 2.96. The number of aliphatic hydroxyl groups is 1. The molecule has 0 spiro atoms. The number of aliphatic hydroxyl groups excluding tert-OH is 1. The largest absolute Gasteiger partial charge is 0.494 e. The maximum absolute atomic E-state index is 14.3. The van der Waals surface area contributed by atoms with Crippen LogP contribution in [0.1, 0.15) is 117 Å². The first-order chi connectivity index (χ1) is 57.2. The number of aromatic hydroxyl groups is 2. The number of nitrogens with one attached hydrogen (secondary N) is 4. The topological polar surface area (TPSA) is 375 Å². The maximum Gasteiger partial charge on any atom is 0.416 e. The summed E-state index contributed by atoms with van der Waals surface area (Å²) >= 11 is 0. The van der Waals surface area contributed by atoms with Crippen LogP contribution in [0.3, 0.4) is 0 Å². The van der Waals surface area contributed by atoms with Crippen LogP contribution in [0.4, 0.5) is 21.9 Å². The van der Waals surface area contributed by atoms with Crippen molar-refractivity contribution in [1.82, 2.24) is 30.3 Å². The molecule has 32 nitrogen and oxygen atoms in total. The Balaban J connectivity index is 0.567. The Morgan fingerprint density at radius 1 is 0.551 bits per heavy atom. The summed E-state index contributed by atoms with van der Waals surface area (Å²) in [5, 5.41) is 44.2. The third-order valence-electron chi connectivity index (χ3n) is 19.4. The average Bonchev–Trinajstić information content (AvgIpc) is 1.60. The Bertz CT molecular complexity index is 4260. The summed E-state index contributed by atoms with van der Waals surface area (Å²) in [6, 6.07) is 28.7. The molecule has 7 N–H and O–H groups in total. The van der Waals surface area contributed by atoms with Gasteiger partial charge in [-0.1, -0.05) is 91.7 Å². The van der Waals surface area contributed by atoms with E-state index in [1.54, 1.807) is 67.6 Å². The van der Waals surface area contributed by atoms with Crippen molar-refractivity contribution in [3.05, 3.63) is 161 Å². The lowest BCUT2D eigenvalue weighted by Gasteiger charge is -2.31. The molecule has 5 heterocycles. The Hall–Kier alpha value is -10.7. The van der Waals surface area contributed by atoms with Crippen molar-refractivity contribution in [2.45, 2.75) is 130 Å². The molecule has 0 saturated heterocycles. The summed E-state index contributed by atoms with van der Waals surface area (Å²) in [5.41, 5.74) is 5.41. The lowest BCUT2D eigenvalue weighted by Crippen LogP contribution is -2.53. The molecule has 118 heavy (non-hydrogen) atoms. The molecule has 5 atom stereocenters. The van der Waals surface area contributed by atoms with Gasteiger partial charge in [-0.3, -0.25) is 38.3 Å².